The van der Waals surface area contributed by atoms with Gasteiger partial charge in [-0.05, 0) is 67.5 Å². The smallest absolute Gasteiger partial charge is 0.257 e. The number of benzene rings is 1. The van der Waals surface area contributed by atoms with Gasteiger partial charge in [0.1, 0.15) is 10.8 Å². The first-order valence-electron chi connectivity index (χ1n) is 10.4. The molecule has 0 fully saturated rings. The molecule has 6 nitrogen and oxygen atoms in total. The minimum absolute atomic E-state index is 0.130. The summed E-state index contributed by atoms with van der Waals surface area (Å²) in [6.07, 6.45) is 7.87. The maximum atomic E-state index is 13.1. The normalized spacial score (nSPS) is 12.7. The highest BCUT2D eigenvalue weighted by Gasteiger charge is 2.26. The highest BCUT2D eigenvalue weighted by Crippen LogP contribution is 2.38. The number of carbonyl (C=O) groups is 2. The second kappa shape index (κ2) is 9.75. The van der Waals surface area contributed by atoms with Crippen LogP contribution in [0.15, 0.2) is 48.8 Å². The molecule has 1 aromatic carbocycles. The van der Waals surface area contributed by atoms with Crippen molar-refractivity contribution in [2.45, 2.75) is 32.1 Å². The maximum Gasteiger partial charge on any atom is 0.257 e. The van der Waals surface area contributed by atoms with E-state index in [-0.39, 0.29) is 11.8 Å². The monoisotopic (exact) mass is 435 g/mol. The van der Waals surface area contributed by atoms with Gasteiger partial charge >= 0.3 is 0 Å². The number of carbonyl (C=O) groups excluding carboxylic acids is 2. The fraction of sp³-hybridized carbons (Fsp3) is 0.292. The van der Waals surface area contributed by atoms with Crippen molar-refractivity contribution in [3.63, 3.8) is 0 Å². The Hall–Kier alpha value is -3.19. The minimum atomic E-state index is -0.251. The molecule has 0 unspecified atom stereocenters. The van der Waals surface area contributed by atoms with E-state index in [4.69, 9.17) is 4.74 Å². The van der Waals surface area contributed by atoms with Crippen LogP contribution in [0.25, 0.3) is 0 Å². The molecule has 0 saturated heterocycles. The van der Waals surface area contributed by atoms with E-state index in [1.165, 1.54) is 22.4 Å². The highest BCUT2D eigenvalue weighted by atomic mass is 32.1. The van der Waals surface area contributed by atoms with Gasteiger partial charge in [-0.2, -0.15) is 0 Å². The Morgan fingerprint density at radius 1 is 1.10 bits per heavy atom. The van der Waals surface area contributed by atoms with E-state index < -0.39 is 0 Å². The van der Waals surface area contributed by atoms with Crippen LogP contribution in [0.5, 0.6) is 5.75 Å². The van der Waals surface area contributed by atoms with Gasteiger partial charge in [0, 0.05) is 23.8 Å². The number of methoxy groups -OCH3 is 1. The topological polar surface area (TPSA) is 80.3 Å². The quantitative estimate of drug-likeness (QED) is 0.581. The molecule has 3 aromatic rings. The van der Waals surface area contributed by atoms with Crippen molar-refractivity contribution in [3.05, 3.63) is 75.9 Å². The van der Waals surface area contributed by atoms with Gasteiger partial charge in [-0.3, -0.25) is 14.6 Å². The van der Waals surface area contributed by atoms with E-state index in [0.717, 1.165) is 49.0 Å². The van der Waals surface area contributed by atoms with Crippen LogP contribution in [0.4, 0.5) is 5.00 Å². The molecule has 2 amide bonds. The molecule has 31 heavy (non-hydrogen) atoms. The number of pyridine rings is 1. The molecule has 0 bridgehead atoms. The molecular weight excluding hydrogens is 410 g/mol. The summed E-state index contributed by atoms with van der Waals surface area (Å²) in [6.45, 7) is 0.520. The van der Waals surface area contributed by atoms with Gasteiger partial charge in [0.2, 0.25) is 0 Å². The van der Waals surface area contributed by atoms with Crippen molar-refractivity contribution in [1.29, 1.82) is 0 Å². The average molecular weight is 436 g/mol. The van der Waals surface area contributed by atoms with Gasteiger partial charge in [0.15, 0.2) is 0 Å². The number of nitrogens with one attached hydrogen (secondary N) is 2. The summed E-state index contributed by atoms with van der Waals surface area (Å²) in [6, 6.07) is 11.3. The lowest BCUT2D eigenvalue weighted by Gasteiger charge is -2.13. The lowest BCUT2D eigenvalue weighted by atomic mass is 9.95. The zero-order valence-corrected chi connectivity index (χ0v) is 18.3. The number of ether oxygens (including phenoxy) is 1. The molecule has 4 rings (SSSR count). The summed E-state index contributed by atoms with van der Waals surface area (Å²) in [4.78, 5) is 31.0. The Kier molecular flexibility index (Phi) is 6.62. The van der Waals surface area contributed by atoms with Gasteiger partial charge in [0.25, 0.3) is 11.8 Å². The molecule has 0 saturated carbocycles. The number of aromatic nitrogens is 1. The molecule has 7 heteroatoms. The maximum absolute atomic E-state index is 13.1. The largest absolute Gasteiger partial charge is 0.497 e. The summed E-state index contributed by atoms with van der Waals surface area (Å²) < 4.78 is 5.18. The zero-order chi connectivity index (χ0) is 21.6. The molecule has 1 aliphatic carbocycles. The average Bonchev–Trinajstić information content (AvgIpc) is 3.18. The van der Waals surface area contributed by atoms with Gasteiger partial charge in [-0.1, -0.05) is 12.1 Å². The van der Waals surface area contributed by atoms with Crippen molar-refractivity contribution in [3.8, 4) is 5.75 Å². The Balaban J connectivity index is 1.48. The van der Waals surface area contributed by atoms with Gasteiger partial charge in [0.05, 0.1) is 18.2 Å². The number of thiophene rings is 1. The van der Waals surface area contributed by atoms with E-state index in [0.29, 0.717) is 22.7 Å². The van der Waals surface area contributed by atoms with Gasteiger partial charge in [-0.25, -0.2) is 0 Å². The molecule has 2 N–H and O–H groups in total. The summed E-state index contributed by atoms with van der Waals surface area (Å²) in [5, 5.41) is 6.62. The number of amides is 2. The first-order valence-corrected chi connectivity index (χ1v) is 11.2. The number of hydrogen-bond acceptors (Lipinski definition) is 5. The number of aryl methyl sites for hydroxylation is 1. The van der Waals surface area contributed by atoms with Crippen molar-refractivity contribution >= 4 is 28.2 Å². The number of nitrogens with zero attached hydrogens (tertiary/aromatic N) is 1. The van der Waals surface area contributed by atoms with Crippen LogP contribution in [-0.4, -0.2) is 30.5 Å². The molecule has 0 radical (unpaired) electrons. The zero-order valence-electron chi connectivity index (χ0n) is 17.4. The first-order chi connectivity index (χ1) is 15.2. The molecule has 0 spiro atoms. The summed E-state index contributed by atoms with van der Waals surface area (Å²) in [5.41, 5.74) is 3.30. The third-order valence-electron chi connectivity index (χ3n) is 5.41. The van der Waals surface area contributed by atoms with Crippen LogP contribution in [0, 0.1) is 0 Å². The van der Waals surface area contributed by atoms with Gasteiger partial charge in [-0.15, -0.1) is 11.3 Å². The molecule has 0 aliphatic heterocycles. The Morgan fingerprint density at radius 3 is 2.65 bits per heavy atom. The molecule has 2 aromatic heterocycles. The van der Waals surface area contributed by atoms with Crippen molar-refractivity contribution < 1.29 is 14.3 Å². The molecule has 2 heterocycles. The lowest BCUT2D eigenvalue weighted by molar-refractivity contribution is 0.0954. The van der Waals surface area contributed by atoms with Crippen LogP contribution in [0.3, 0.4) is 0 Å². The lowest BCUT2D eigenvalue weighted by Crippen LogP contribution is -2.27. The van der Waals surface area contributed by atoms with E-state index >= 15 is 0 Å². The van der Waals surface area contributed by atoms with E-state index in [1.54, 1.807) is 25.4 Å². The molecule has 160 valence electrons. The van der Waals surface area contributed by atoms with Crippen LogP contribution >= 0.6 is 11.3 Å². The Morgan fingerprint density at radius 2 is 1.90 bits per heavy atom. The second-order valence-corrected chi connectivity index (χ2v) is 8.57. The summed E-state index contributed by atoms with van der Waals surface area (Å²) in [7, 11) is 1.64. The van der Waals surface area contributed by atoms with Crippen LogP contribution < -0.4 is 15.4 Å². The van der Waals surface area contributed by atoms with Crippen molar-refractivity contribution in [1.82, 2.24) is 10.3 Å². The van der Waals surface area contributed by atoms with Crippen LogP contribution in [-0.2, 0) is 19.3 Å². The predicted molar refractivity (Wildman–Crippen MR) is 122 cm³/mol. The first kappa shape index (κ1) is 21.1. The van der Waals surface area contributed by atoms with Crippen molar-refractivity contribution in [2.24, 2.45) is 0 Å². The van der Waals surface area contributed by atoms with E-state index in [2.05, 4.69) is 15.6 Å². The number of anilines is 1. The Labute approximate surface area is 185 Å². The second-order valence-electron chi connectivity index (χ2n) is 7.46. The molecule has 0 atom stereocenters. The van der Waals surface area contributed by atoms with E-state index in [1.807, 2.05) is 24.3 Å². The van der Waals surface area contributed by atoms with Crippen LogP contribution in [0.1, 0.15) is 49.6 Å². The standard InChI is InChI=1S/C24H25N3O3S/c1-30-18-10-8-16(9-11-18)12-14-26-23(29)21-19-6-2-3-7-20(19)31-24(21)27-22(28)17-5-4-13-25-15-17/h4-5,8-11,13,15H,2-3,6-7,12,14H2,1H3,(H,26,29)(H,27,28). The van der Waals surface area contributed by atoms with E-state index in [9.17, 15) is 9.59 Å². The fourth-order valence-electron chi connectivity index (χ4n) is 3.77. The number of rotatable bonds is 7. The number of hydrogen-bond donors (Lipinski definition) is 2. The third kappa shape index (κ3) is 4.94. The van der Waals surface area contributed by atoms with Gasteiger partial charge < -0.3 is 15.4 Å². The number of fused-ring (bicyclic) bond motifs is 1. The SMILES string of the molecule is COc1ccc(CCNC(=O)c2c(NC(=O)c3cccnc3)sc3c2CCCC3)cc1. The molecular formula is C24H25N3O3S. The summed E-state index contributed by atoms with van der Waals surface area (Å²) in [5.74, 6) is 0.431. The Bertz CT molecular complexity index is 1060. The van der Waals surface area contributed by atoms with Crippen molar-refractivity contribution in [2.75, 3.05) is 19.0 Å². The molecule has 1 aliphatic rings. The predicted octanol–water partition coefficient (Wildman–Crippen LogP) is 4.26. The summed E-state index contributed by atoms with van der Waals surface area (Å²) >= 11 is 1.52. The third-order valence-corrected chi connectivity index (χ3v) is 6.61. The van der Waals surface area contributed by atoms with Crippen LogP contribution in [0.2, 0.25) is 0 Å². The fourth-order valence-corrected chi connectivity index (χ4v) is 5.05. The minimum Gasteiger partial charge on any atom is -0.497 e. The highest BCUT2D eigenvalue weighted by molar-refractivity contribution is 7.17.